The van der Waals surface area contributed by atoms with Crippen LogP contribution in [0.5, 0.6) is 0 Å². The second kappa shape index (κ2) is 63.6. The van der Waals surface area contributed by atoms with Gasteiger partial charge in [-0.15, -0.1) is 0 Å². The Balaban J connectivity index is 3.40. The lowest BCUT2D eigenvalue weighted by Gasteiger charge is -2.20. The Morgan fingerprint density at radius 1 is 0.378 bits per heavy atom. The summed E-state index contributed by atoms with van der Waals surface area (Å²) in [5.41, 5.74) is 0. The van der Waals surface area contributed by atoms with Gasteiger partial charge in [0.15, 0.2) is 0 Å². The molecule has 1 amide bonds. The molecule has 6 nitrogen and oxygen atoms in total. The van der Waals surface area contributed by atoms with Crippen LogP contribution in [0.25, 0.3) is 0 Å². The van der Waals surface area contributed by atoms with E-state index in [1.54, 1.807) is 6.08 Å². The van der Waals surface area contributed by atoms with Crippen molar-refractivity contribution < 1.29 is 24.5 Å². The number of carbonyl (C=O) groups is 2. The summed E-state index contributed by atoms with van der Waals surface area (Å²) in [6, 6.07) is -0.627. The fourth-order valence-electron chi connectivity index (χ4n) is 10.3. The van der Waals surface area contributed by atoms with Gasteiger partial charge in [0.25, 0.3) is 0 Å². The van der Waals surface area contributed by atoms with Crippen LogP contribution in [-0.2, 0) is 14.3 Å². The summed E-state index contributed by atoms with van der Waals surface area (Å²) < 4.78 is 5.48. The number of hydrogen-bond donors (Lipinski definition) is 3. The maximum Gasteiger partial charge on any atom is 0.305 e. The Hall–Kier alpha value is -1.92. The van der Waals surface area contributed by atoms with E-state index in [1.165, 1.54) is 289 Å². The Kier molecular flexibility index (Phi) is 62.0. The van der Waals surface area contributed by atoms with Crippen molar-refractivity contribution in [2.75, 3.05) is 13.2 Å². The molecule has 0 aromatic heterocycles. The fourth-order valence-corrected chi connectivity index (χ4v) is 10.3. The third-order valence-corrected chi connectivity index (χ3v) is 15.4. The van der Waals surface area contributed by atoms with Gasteiger partial charge in [-0.05, 0) is 64.2 Å². The summed E-state index contributed by atoms with van der Waals surface area (Å²) in [6.45, 7) is 4.92. The zero-order chi connectivity index (χ0) is 53.6. The average Bonchev–Trinajstić information content (AvgIpc) is 3.40. The number of esters is 1. The number of ether oxygens (including phenoxy) is 1. The summed E-state index contributed by atoms with van der Waals surface area (Å²) in [7, 11) is 0. The highest BCUT2D eigenvalue weighted by Crippen LogP contribution is 2.18. The summed E-state index contributed by atoms with van der Waals surface area (Å²) in [5.74, 6) is -0.0520. The number of aliphatic hydroxyl groups is 2. The van der Waals surface area contributed by atoms with Crippen LogP contribution in [0.3, 0.4) is 0 Å². The molecule has 0 spiro atoms. The molecule has 2 unspecified atom stereocenters. The number of hydrogen-bond acceptors (Lipinski definition) is 5. The van der Waals surface area contributed by atoms with Crippen molar-refractivity contribution in [3.05, 3.63) is 36.5 Å². The van der Waals surface area contributed by atoms with Crippen LogP contribution in [0.2, 0.25) is 0 Å². The molecule has 0 aliphatic heterocycles. The third-order valence-electron chi connectivity index (χ3n) is 15.4. The molecule has 0 aromatic carbocycles. The van der Waals surface area contributed by atoms with E-state index in [-0.39, 0.29) is 18.5 Å². The molecule has 0 bridgehead atoms. The Morgan fingerprint density at radius 3 is 1.03 bits per heavy atom. The molecule has 3 N–H and O–H groups in total. The minimum absolute atomic E-state index is 0.0145. The van der Waals surface area contributed by atoms with Crippen molar-refractivity contribution in [1.29, 1.82) is 0 Å². The second-order valence-corrected chi connectivity index (χ2v) is 22.8. The first kappa shape index (κ1) is 72.1. The summed E-state index contributed by atoms with van der Waals surface area (Å²) in [6.07, 6.45) is 80.7. The molecule has 0 fully saturated rings. The molecule has 0 aromatic rings. The van der Waals surface area contributed by atoms with Gasteiger partial charge in [-0.1, -0.05) is 320 Å². The van der Waals surface area contributed by atoms with E-state index >= 15 is 0 Å². The molecule has 0 saturated carbocycles. The van der Waals surface area contributed by atoms with E-state index in [0.717, 1.165) is 44.9 Å². The largest absolute Gasteiger partial charge is 0.466 e. The second-order valence-electron chi connectivity index (χ2n) is 22.8. The van der Waals surface area contributed by atoms with Gasteiger partial charge in [0.1, 0.15) is 0 Å². The van der Waals surface area contributed by atoms with Crippen molar-refractivity contribution >= 4 is 11.9 Å². The lowest BCUT2D eigenvalue weighted by molar-refractivity contribution is -0.143. The average molecular weight is 1040 g/mol. The molecule has 0 radical (unpaired) electrons. The smallest absolute Gasteiger partial charge is 0.305 e. The molecule has 2 atom stereocenters. The number of rotatable bonds is 62. The van der Waals surface area contributed by atoms with Gasteiger partial charge in [0, 0.05) is 12.8 Å². The van der Waals surface area contributed by atoms with E-state index in [9.17, 15) is 19.8 Å². The van der Waals surface area contributed by atoms with Gasteiger partial charge in [-0.2, -0.15) is 0 Å². The van der Waals surface area contributed by atoms with Gasteiger partial charge in [-0.25, -0.2) is 0 Å². The van der Waals surface area contributed by atoms with E-state index in [0.29, 0.717) is 19.4 Å². The van der Waals surface area contributed by atoms with E-state index < -0.39 is 12.1 Å². The van der Waals surface area contributed by atoms with E-state index in [4.69, 9.17) is 4.74 Å². The molecular formula is C68H129NO5. The predicted octanol–water partition coefficient (Wildman–Crippen LogP) is 21.1. The lowest BCUT2D eigenvalue weighted by Crippen LogP contribution is -2.45. The van der Waals surface area contributed by atoms with Gasteiger partial charge < -0.3 is 20.3 Å². The number of amides is 1. The number of aliphatic hydroxyl groups excluding tert-OH is 2. The van der Waals surface area contributed by atoms with Crippen LogP contribution < -0.4 is 5.32 Å². The minimum atomic E-state index is -0.843. The molecule has 0 aliphatic rings. The van der Waals surface area contributed by atoms with Crippen LogP contribution in [0.4, 0.5) is 0 Å². The van der Waals surface area contributed by atoms with Crippen molar-refractivity contribution in [1.82, 2.24) is 5.32 Å². The van der Waals surface area contributed by atoms with Crippen LogP contribution in [0.1, 0.15) is 361 Å². The summed E-state index contributed by atoms with van der Waals surface area (Å²) >= 11 is 0. The fraction of sp³-hybridized carbons (Fsp3) is 0.882. The molecular weight excluding hydrogens is 911 g/mol. The lowest BCUT2D eigenvalue weighted by atomic mass is 10.0. The van der Waals surface area contributed by atoms with Crippen LogP contribution >= 0.6 is 0 Å². The van der Waals surface area contributed by atoms with Crippen molar-refractivity contribution in [3.63, 3.8) is 0 Å². The molecule has 0 heterocycles. The first-order valence-corrected chi connectivity index (χ1v) is 33.3. The maximum absolute atomic E-state index is 12.5. The number of carbonyl (C=O) groups excluding carboxylic acids is 2. The van der Waals surface area contributed by atoms with Gasteiger partial charge in [-0.3, -0.25) is 9.59 Å². The third kappa shape index (κ3) is 59.3. The molecule has 6 heteroatoms. The van der Waals surface area contributed by atoms with Crippen molar-refractivity contribution in [2.24, 2.45) is 0 Å². The van der Waals surface area contributed by atoms with E-state index in [1.807, 2.05) is 6.08 Å². The Bertz CT molecular complexity index is 1200. The van der Waals surface area contributed by atoms with Gasteiger partial charge in [0.2, 0.25) is 5.91 Å². The van der Waals surface area contributed by atoms with Crippen LogP contribution in [0, 0.1) is 0 Å². The van der Waals surface area contributed by atoms with E-state index in [2.05, 4.69) is 43.5 Å². The monoisotopic (exact) mass is 1040 g/mol. The topological polar surface area (TPSA) is 95.9 Å². The first-order chi connectivity index (χ1) is 36.5. The highest BCUT2D eigenvalue weighted by atomic mass is 16.5. The Morgan fingerprint density at radius 2 is 0.676 bits per heavy atom. The normalized spacial score (nSPS) is 12.8. The van der Waals surface area contributed by atoms with Gasteiger partial charge in [0.05, 0.1) is 25.4 Å². The summed E-state index contributed by atoms with van der Waals surface area (Å²) in [4.78, 5) is 24.5. The van der Waals surface area contributed by atoms with Crippen molar-refractivity contribution in [2.45, 2.75) is 373 Å². The maximum atomic E-state index is 12.5. The molecule has 436 valence electrons. The number of nitrogens with one attached hydrogen (secondary N) is 1. The van der Waals surface area contributed by atoms with Crippen molar-refractivity contribution in [3.8, 4) is 0 Å². The predicted molar refractivity (Wildman–Crippen MR) is 324 cm³/mol. The van der Waals surface area contributed by atoms with Crippen LogP contribution in [0.15, 0.2) is 36.5 Å². The quantitative estimate of drug-likeness (QED) is 0.0320. The SMILES string of the molecule is CCCCCCCCCCCCC/C=C/C(O)C(CO)NC(=O)CCCCCCCCCCCCCCCCC/C=C\C/C=C\CCCCCCCCCCCOC(=O)CCCCCCCCCCCCCCC. The molecule has 0 aliphatic carbocycles. The van der Waals surface area contributed by atoms with Crippen LogP contribution in [-0.4, -0.2) is 47.4 Å². The minimum Gasteiger partial charge on any atom is -0.466 e. The standard InChI is InChI=1S/C68H129NO5/c1-3-5-7-9-11-13-15-36-40-44-48-52-56-60-66(71)65(64-70)69-67(72)61-57-53-49-45-41-38-34-32-30-28-26-24-22-20-18-17-19-21-23-25-27-29-31-33-35-39-43-47-51-55-59-63-74-68(73)62-58-54-50-46-42-37-16-14-12-10-8-6-4-2/h19,21,25,27,56,60,65-66,70-71H,3-18,20,22-24,26,28-55,57-59,61-64H2,1-2H3,(H,69,72)/b21-19-,27-25-,60-56+. The Labute approximate surface area is 462 Å². The molecule has 0 saturated heterocycles. The highest BCUT2D eigenvalue weighted by Gasteiger charge is 2.18. The highest BCUT2D eigenvalue weighted by molar-refractivity contribution is 5.76. The first-order valence-electron chi connectivity index (χ1n) is 33.3. The summed E-state index contributed by atoms with van der Waals surface area (Å²) in [5, 5.41) is 23.1. The zero-order valence-electron chi connectivity index (χ0n) is 49.8. The number of unbranched alkanes of at least 4 members (excludes halogenated alkanes) is 47. The van der Waals surface area contributed by atoms with Gasteiger partial charge >= 0.3 is 5.97 Å². The zero-order valence-corrected chi connectivity index (χ0v) is 49.8. The molecule has 0 rings (SSSR count). The molecule has 74 heavy (non-hydrogen) atoms. The number of allylic oxidation sites excluding steroid dienone is 5.